The van der Waals surface area contributed by atoms with Crippen LogP contribution < -0.4 is 0 Å². The summed E-state index contributed by atoms with van der Waals surface area (Å²) in [5.41, 5.74) is 0. The third kappa shape index (κ3) is 1.49. The van der Waals surface area contributed by atoms with Crippen LogP contribution in [0.5, 0.6) is 0 Å². The molecule has 0 radical (unpaired) electrons. The summed E-state index contributed by atoms with van der Waals surface area (Å²) in [6.45, 7) is 0. The van der Waals surface area contributed by atoms with Crippen LogP contribution in [0.1, 0.15) is 0 Å². The molecule has 0 aliphatic rings. The molecule has 12 heavy (non-hydrogen) atoms. The fraction of sp³-hybridized carbons (Fsp3) is 0.667. The molecule has 0 rings (SSSR count). The normalized spacial score (nSPS) is 14.0. The van der Waals surface area contributed by atoms with E-state index in [0.29, 0.717) is 0 Å². The third-order valence-electron chi connectivity index (χ3n) is 0.820. The van der Waals surface area contributed by atoms with E-state index in [-0.39, 0.29) is 6.07 Å². The first-order valence-corrected chi connectivity index (χ1v) is 3.59. The first-order valence-electron chi connectivity index (χ1n) is 2.18. The number of rotatable bonds is 2. The topological polar surface area (TPSA) is 81.0 Å². The molecule has 9 heteroatoms. The Hall–Kier alpha value is -0.880. The fourth-order valence-electron chi connectivity index (χ4n) is 0.222. The molecule has 0 aromatic rings. The average molecular weight is 206 g/mol. The molecule has 0 amide bonds. The molecule has 0 N–H and O–H groups in total. The number of alkyl halides is 4. The van der Waals surface area contributed by atoms with Crippen LogP contribution >= 0.6 is 0 Å². The van der Waals surface area contributed by atoms with Crippen LogP contribution in [-0.2, 0) is 10.1 Å². The predicted molar refractivity (Wildman–Crippen MR) is 25.2 cm³/mol. The molecule has 0 fully saturated rings. The summed E-state index contributed by atoms with van der Waals surface area (Å²) in [6, 6.07) is -0.274. The minimum absolute atomic E-state index is 0.274. The van der Waals surface area contributed by atoms with Gasteiger partial charge in [-0.3, -0.25) is 0 Å². The van der Waals surface area contributed by atoms with Gasteiger partial charge < -0.3 is 4.55 Å². The molecule has 70 valence electrons. The zero-order valence-corrected chi connectivity index (χ0v) is 5.91. The highest BCUT2D eigenvalue weighted by Crippen LogP contribution is 2.37. The maximum absolute atomic E-state index is 11.8. The van der Waals surface area contributed by atoms with E-state index < -0.39 is 21.3 Å². The molecule has 0 aromatic carbocycles. The summed E-state index contributed by atoms with van der Waals surface area (Å²) in [5, 5.41) is 1.52. The van der Waals surface area contributed by atoms with E-state index in [2.05, 4.69) is 0 Å². The molecule has 0 heterocycles. The van der Waals surface area contributed by atoms with Crippen molar-refractivity contribution in [1.82, 2.24) is 0 Å². The molecule has 0 bridgehead atoms. The van der Waals surface area contributed by atoms with Gasteiger partial charge in [0.15, 0.2) is 10.1 Å². The van der Waals surface area contributed by atoms with Crippen molar-refractivity contribution < 1.29 is 30.5 Å². The van der Waals surface area contributed by atoms with Gasteiger partial charge in [0.05, 0.1) is 0 Å². The van der Waals surface area contributed by atoms with Crippen molar-refractivity contribution in [3.63, 3.8) is 0 Å². The second-order valence-corrected chi connectivity index (χ2v) is 3.08. The number of halogens is 4. The second kappa shape index (κ2) is 2.56. The first kappa shape index (κ1) is 11.1. The van der Waals surface area contributed by atoms with E-state index in [1.807, 2.05) is 0 Å². The zero-order chi connectivity index (χ0) is 10.2. The summed E-state index contributed by atoms with van der Waals surface area (Å²) < 4.78 is 75.7. The van der Waals surface area contributed by atoms with Crippen molar-refractivity contribution in [1.29, 1.82) is 5.26 Å². The minimum atomic E-state index is -6.53. The van der Waals surface area contributed by atoms with Gasteiger partial charge in [0.2, 0.25) is 0 Å². The van der Waals surface area contributed by atoms with Gasteiger partial charge in [-0.1, -0.05) is 0 Å². The molecule has 0 unspecified atom stereocenters. The number of hydrogen-bond acceptors (Lipinski definition) is 4. The number of nitrogens with zero attached hydrogens (tertiary/aromatic N) is 1. The van der Waals surface area contributed by atoms with Crippen molar-refractivity contribution in [2.75, 3.05) is 0 Å². The smallest absolute Gasteiger partial charge is 0.410 e. The highest BCUT2D eigenvalue weighted by molar-refractivity contribution is 7.86. The third-order valence-corrected chi connectivity index (χ3v) is 1.70. The highest BCUT2D eigenvalue weighted by Gasteiger charge is 2.62. The van der Waals surface area contributed by atoms with Gasteiger partial charge in [-0.15, -0.1) is 0 Å². The van der Waals surface area contributed by atoms with Crippen molar-refractivity contribution in [3.05, 3.63) is 0 Å². The largest absolute Gasteiger partial charge is 0.743 e. The Bertz CT molecular complexity index is 315. The Morgan fingerprint density at radius 3 is 1.67 bits per heavy atom. The van der Waals surface area contributed by atoms with Crippen LogP contribution in [0.2, 0.25) is 0 Å². The molecule has 0 aliphatic carbocycles. The van der Waals surface area contributed by atoms with Gasteiger partial charge >= 0.3 is 11.2 Å². The predicted octanol–water partition coefficient (Wildman–Crippen LogP) is 0.283. The van der Waals surface area contributed by atoms with Crippen molar-refractivity contribution in [3.8, 4) is 6.07 Å². The Morgan fingerprint density at radius 1 is 1.25 bits per heavy atom. The van der Waals surface area contributed by atoms with E-state index in [9.17, 15) is 30.5 Å². The monoisotopic (exact) mass is 206 g/mol. The summed E-state index contributed by atoms with van der Waals surface area (Å²) in [7, 11) is -6.53. The summed E-state index contributed by atoms with van der Waals surface area (Å²) in [4.78, 5) is 0. The van der Waals surface area contributed by atoms with Crippen LogP contribution in [0.4, 0.5) is 17.6 Å². The maximum Gasteiger partial charge on any atom is 0.410 e. The molecular weight excluding hydrogens is 206 g/mol. The van der Waals surface area contributed by atoms with Crippen LogP contribution in [0.25, 0.3) is 0 Å². The number of hydrogen-bond donors (Lipinski definition) is 0. The van der Waals surface area contributed by atoms with E-state index >= 15 is 0 Å². The van der Waals surface area contributed by atoms with Gasteiger partial charge in [0.25, 0.3) is 0 Å². The standard InChI is InChI=1S/C3HF4NO3S/c4-2(5,1-8)3(6,7)12(9,10)11/h(H,9,10,11)/p-1. The lowest BCUT2D eigenvalue weighted by Crippen LogP contribution is -2.45. The number of nitriles is 1. The lowest BCUT2D eigenvalue weighted by molar-refractivity contribution is -0.121. The first-order chi connectivity index (χ1) is 5.06. The maximum atomic E-state index is 11.8. The summed E-state index contributed by atoms with van der Waals surface area (Å²) >= 11 is 0. The molecule has 0 spiro atoms. The molecular formula is C3F4NO3S-. The van der Waals surface area contributed by atoms with E-state index in [1.54, 1.807) is 0 Å². The second-order valence-electron chi connectivity index (χ2n) is 1.66. The van der Waals surface area contributed by atoms with Crippen LogP contribution in [0.15, 0.2) is 0 Å². The van der Waals surface area contributed by atoms with E-state index in [0.717, 1.165) is 0 Å². The van der Waals surface area contributed by atoms with Gasteiger partial charge in [-0.05, 0) is 0 Å². The Labute approximate surface area is 64.2 Å². The molecule has 0 aliphatic heterocycles. The quantitative estimate of drug-likeness (QED) is 0.480. The van der Waals surface area contributed by atoms with Gasteiger partial charge in [-0.25, -0.2) is 8.42 Å². The van der Waals surface area contributed by atoms with Crippen molar-refractivity contribution in [2.45, 2.75) is 11.2 Å². The average Bonchev–Trinajstić information content (AvgIpc) is 1.85. The summed E-state index contributed by atoms with van der Waals surface area (Å²) in [6.07, 6.45) is 0. The fourth-order valence-corrected chi connectivity index (χ4v) is 0.582. The Balaban J connectivity index is 5.32. The molecule has 4 nitrogen and oxygen atoms in total. The minimum Gasteiger partial charge on any atom is -0.743 e. The zero-order valence-electron chi connectivity index (χ0n) is 5.09. The molecule has 0 atom stereocenters. The van der Waals surface area contributed by atoms with E-state index in [1.165, 1.54) is 0 Å². The van der Waals surface area contributed by atoms with Gasteiger partial charge in [0.1, 0.15) is 6.07 Å². The Morgan fingerprint density at radius 2 is 1.58 bits per heavy atom. The van der Waals surface area contributed by atoms with Gasteiger partial charge in [-0.2, -0.15) is 22.8 Å². The molecule has 0 saturated heterocycles. The lowest BCUT2D eigenvalue weighted by atomic mass is 10.4. The van der Waals surface area contributed by atoms with Crippen LogP contribution in [-0.4, -0.2) is 24.1 Å². The molecule has 0 saturated carbocycles. The SMILES string of the molecule is N#CC(F)(F)C(F)(F)S(=O)(=O)[O-]. The van der Waals surface area contributed by atoms with Crippen LogP contribution in [0, 0.1) is 11.3 Å². The highest BCUT2D eigenvalue weighted by atomic mass is 32.2. The molecule has 0 aromatic heterocycles. The van der Waals surface area contributed by atoms with E-state index in [4.69, 9.17) is 5.26 Å². The Kier molecular flexibility index (Phi) is 2.38. The van der Waals surface area contributed by atoms with Gasteiger partial charge in [0, 0.05) is 0 Å². The van der Waals surface area contributed by atoms with Crippen molar-refractivity contribution >= 4 is 10.1 Å². The lowest BCUT2D eigenvalue weighted by Gasteiger charge is -2.22. The van der Waals surface area contributed by atoms with Crippen LogP contribution in [0.3, 0.4) is 0 Å². The van der Waals surface area contributed by atoms with Crippen molar-refractivity contribution in [2.24, 2.45) is 0 Å². The summed E-state index contributed by atoms with van der Waals surface area (Å²) in [5.74, 6) is -5.51.